The Hall–Kier alpha value is -2.60. The van der Waals surface area contributed by atoms with Crippen molar-refractivity contribution in [2.75, 3.05) is 0 Å². The molecule has 0 bridgehead atoms. The van der Waals surface area contributed by atoms with Gasteiger partial charge in [0.25, 0.3) is 0 Å². The van der Waals surface area contributed by atoms with Gasteiger partial charge in [-0.1, -0.05) is 11.6 Å². The molecule has 5 nitrogen and oxygen atoms in total. The maximum Gasteiger partial charge on any atom is 0.191 e. The molecule has 22 heavy (non-hydrogen) atoms. The van der Waals surface area contributed by atoms with Crippen molar-refractivity contribution in [2.45, 2.75) is 6.92 Å². The second-order valence-electron chi connectivity index (χ2n) is 4.90. The van der Waals surface area contributed by atoms with Crippen LogP contribution in [0.5, 0.6) is 0 Å². The van der Waals surface area contributed by atoms with Gasteiger partial charge in [-0.2, -0.15) is 5.10 Å². The van der Waals surface area contributed by atoms with Crippen molar-refractivity contribution in [3.8, 4) is 11.4 Å². The minimum Gasteiger partial charge on any atom is -0.236 e. The van der Waals surface area contributed by atoms with Crippen molar-refractivity contribution >= 4 is 28.2 Å². The first-order chi connectivity index (χ1) is 10.6. The van der Waals surface area contributed by atoms with Crippen LogP contribution in [0.15, 0.2) is 36.7 Å². The molecule has 108 valence electrons. The maximum atomic E-state index is 14.1. The molecule has 4 rings (SSSR count). The average molecular weight is 314 g/mol. The number of fused-ring (bicyclic) bond motifs is 2. The smallest absolute Gasteiger partial charge is 0.191 e. The minimum atomic E-state index is -0.460. The highest BCUT2D eigenvalue weighted by molar-refractivity contribution is 6.31. The Morgan fingerprint density at radius 2 is 2.05 bits per heavy atom. The van der Waals surface area contributed by atoms with Crippen molar-refractivity contribution in [1.82, 2.24) is 24.6 Å². The summed E-state index contributed by atoms with van der Waals surface area (Å²) in [5, 5.41) is 5.57. The first-order valence-electron chi connectivity index (χ1n) is 6.55. The molecule has 0 unspecified atom stereocenters. The summed E-state index contributed by atoms with van der Waals surface area (Å²) in [4.78, 5) is 12.7. The lowest BCUT2D eigenvalue weighted by Crippen LogP contribution is -1.96. The summed E-state index contributed by atoms with van der Waals surface area (Å²) in [5.41, 5.74) is 1.46. The Balaban J connectivity index is 1.92. The molecular weight excluding hydrogens is 305 g/mol. The molecule has 3 aromatic heterocycles. The third-order valence-electron chi connectivity index (χ3n) is 3.29. The van der Waals surface area contributed by atoms with Crippen molar-refractivity contribution in [3.05, 3.63) is 53.3 Å². The molecular formula is C15H9ClFN5. The van der Waals surface area contributed by atoms with Gasteiger partial charge in [0.1, 0.15) is 5.82 Å². The Bertz CT molecular complexity index is 1030. The largest absolute Gasteiger partial charge is 0.236 e. The molecule has 3 heterocycles. The van der Waals surface area contributed by atoms with Crippen LogP contribution in [-0.4, -0.2) is 24.6 Å². The molecule has 0 amide bonds. The quantitative estimate of drug-likeness (QED) is 0.540. The van der Waals surface area contributed by atoms with E-state index in [1.807, 2.05) is 0 Å². The van der Waals surface area contributed by atoms with E-state index in [4.69, 9.17) is 11.6 Å². The normalized spacial score (nSPS) is 11.4. The van der Waals surface area contributed by atoms with Crippen LogP contribution in [0.1, 0.15) is 5.82 Å². The van der Waals surface area contributed by atoms with E-state index in [1.54, 1.807) is 37.5 Å². The fraction of sp³-hybridized carbons (Fsp3) is 0.0667. The van der Waals surface area contributed by atoms with Gasteiger partial charge >= 0.3 is 0 Å². The Morgan fingerprint density at radius 1 is 1.18 bits per heavy atom. The third-order valence-corrected chi connectivity index (χ3v) is 3.53. The van der Waals surface area contributed by atoms with Crippen LogP contribution in [-0.2, 0) is 0 Å². The van der Waals surface area contributed by atoms with Gasteiger partial charge in [0, 0.05) is 28.4 Å². The lowest BCUT2D eigenvalue weighted by Gasteiger charge is -2.04. The highest BCUT2D eigenvalue weighted by Gasteiger charge is 2.11. The molecule has 1 aromatic carbocycles. The Labute approximate surface area is 129 Å². The number of pyridine rings is 1. The molecule has 0 aliphatic rings. The van der Waals surface area contributed by atoms with Crippen molar-refractivity contribution in [2.24, 2.45) is 0 Å². The molecule has 0 aliphatic heterocycles. The third kappa shape index (κ3) is 2.08. The lowest BCUT2D eigenvalue weighted by atomic mass is 10.2. The van der Waals surface area contributed by atoms with Crippen LogP contribution in [0.4, 0.5) is 4.39 Å². The highest BCUT2D eigenvalue weighted by Crippen LogP contribution is 2.22. The van der Waals surface area contributed by atoms with E-state index in [2.05, 4.69) is 20.1 Å². The Morgan fingerprint density at radius 3 is 2.91 bits per heavy atom. The molecule has 0 N–H and O–H groups in total. The maximum absolute atomic E-state index is 14.1. The molecule has 0 spiro atoms. The van der Waals surface area contributed by atoms with Gasteiger partial charge in [0.2, 0.25) is 0 Å². The molecule has 7 heteroatoms. The average Bonchev–Trinajstić information content (AvgIpc) is 2.87. The zero-order chi connectivity index (χ0) is 15.3. The number of halogens is 2. The fourth-order valence-electron chi connectivity index (χ4n) is 2.32. The van der Waals surface area contributed by atoms with E-state index < -0.39 is 5.82 Å². The van der Waals surface area contributed by atoms with Crippen LogP contribution >= 0.6 is 11.6 Å². The summed E-state index contributed by atoms with van der Waals surface area (Å²) >= 11 is 5.94. The van der Waals surface area contributed by atoms with Gasteiger partial charge in [0.05, 0.1) is 5.52 Å². The first kappa shape index (κ1) is 13.1. The molecule has 0 aliphatic carbocycles. The summed E-state index contributed by atoms with van der Waals surface area (Å²) < 4.78 is 15.5. The lowest BCUT2D eigenvalue weighted by molar-refractivity contribution is 0.628. The van der Waals surface area contributed by atoms with Gasteiger partial charge in [-0.3, -0.25) is 0 Å². The summed E-state index contributed by atoms with van der Waals surface area (Å²) in [6.07, 6.45) is 3.33. The molecule has 0 saturated carbocycles. The minimum absolute atomic E-state index is 0.189. The number of aromatic nitrogens is 5. The summed E-state index contributed by atoms with van der Waals surface area (Å²) in [6, 6.07) is 6.70. The number of benzene rings is 1. The summed E-state index contributed by atoms with van der Waals surface area (Å²) in [7, 11) is 0. The van der Waals surface area contributed by atoms with Gasteiger partial charge in [-0.25, -0.2) is 23.9 Å². The number of hydrogen-bond acceptors (Lipinski definition) is 4. The monoisotopic (exact) mass is 313 g/mol. The topological polar surface area (TPSA) is 56.0 Å². The number of hydrogen-bond donors (Lipinski definition) is 0. The van der Waals surface area contributed by atoms with Crippen LogP contribution < -0.4 is 0 Å². The first-order valence-corrected chi connectivity index (χ1v) is 6.93. The van der Waals surface area contributed by atoms with Crippen LogP contribution in [0.25, 0.3) is 27.9 Å². The SMILES string of the molecule is Cc1nc2c(F)cc(-c3ncc4cc(Cl)ccc4n3)cn2n1. The van der Waals surface area contributed by atoms with Crippen molar-refractivity contribution < 1.29 is 4.39 Å². The van der Waals surface area contributed by atoms with E-state index in [1.165, 1.54) is 10.6 Å². The van der Waals surface area contributed by atoms with E-state index in [9.17, 15) is 4.39 Å². The Kier molecular flexibility index (Phi) is 2.80. The van der Waals surface area contributed by atoms with Crippen LogP contribution in [0.2, 0.25) is 5.02 Å². The van der Waals surface area contributed by atoms with E-state index in [0.29, 0.717) is 22.2 Å². The van der Waals surface area contributed by atoms with Gasteiger partial charge in [0.15, 0.2) is 17.3 Å². The molecule has 4 aromatic rings. The standard InChI is InChI=1S/C15H9ClFN5/c1-8-19-15-12(17)5-10(7-22(15)21-8)14-18-6-9-4-11(16)2-3-13(9)20-14/h2-7H,1H3. The van der Waals surface area contributed by atoms with Gasteiger partial charge < -0.3 is 0 Å². The highest BCUT2D eigenvalue weighted by atomic mass is 35.5. The van der Waals surface area contributed by atoms with Crippen LogP contribution in [0.3, 0.4) is 0 Å². The number of nitrogens with zero attached hydrogens (tertiary/aromatic N) is 5. The molecule has 0 radical (unpaired) electrons. The van der Waals surface area contributed by atoms with E-state index >= 15 is 0 Å². The van der Waals surface area contributed by atoms with E-state index in [-0.39, 0.29) is 5.65 Å². The summed E-state index contributed by atoms with van der Waals surface area (Å²) in [6.45, 7) is 1.71. The zero-order valence-electron chi connectivity index (χ0n) is 11.5. The fourth-order valence-corrected chi connectivity index (χ4v) is 2.50. The molecule has 0 saturated heterocycles. The van der Waals surface area contributed by atoms with Gasteiger partial charge in [-0.05, 0) is 31.2 Å². The molecule has 0 fully saturated rings. The van der Waals surface area contributed by atoms with Gasteiger partial charge in [-0.15, -0.1) is 0 Å². The van der Waals surface area contributed by atoms with Crippen molar-refractivity contribution in [3.63, 3.8) is 0 Å². The predicted molar refractivity (Wildman–Crippen MR) is 81.2 cm³/mol. The van der Waals surface area contributed by atoms with Crippen molar-refractivity contribution in [1.29, 1.82) is 0 Å². The molecule has 0 atom stereocenters. The van der Waals surface area contributed by atoms with Crippen LogP contribution in [0, 0.1) is 12.7 Å². The second-order valence-corrected chi connectivity index (χ2v) is 5.34. The predicted octanol–water partition coefficient (Wildman–Crippen LogP) is 3.44. The zero-order valence-corrected chi connectivity index (χ0v) is 12.2. The van der Waals surface area contributed by atoms with E-state index in [0.717, 1.165) is 10.9 Å². The number of aryl methyl sites for hydroxylation is 1. The summed E-state index contributed by atoms with van der Waals surface area (Å²) in [5.74, 6) is 0.465. The number of rotatable bonds is 1. The second kappa shape index (κ2) is 4.71.